The highest BCUT2D eigenvalue weighted by Gasteiger charge is 2.45. The fraction of sp³-hybridized carbons (Fsp3) is 0.333. The summed E-state index contributed by atoms with van der Waals surface area (Å²) in [6, 6.07) is 8.87. The molecule has 0 spiro atoms. The maximum absolute atomic E-state index is 10.4. The third kappa shape index (κ3) is 4.72. The molecule has 2 aromatic rings. The van der Waals surface area contributed by atoms with Crippen molar-refractivity contribution in [1.82, 2.24) is 0 Å². The van der Waals surface area contributed by atoms with Crippen molar-refractivity contribution < 1.29 is 35.1 Å². The van der Waals surface area contributed by atoms with Gasteiger partial charge in [0.05, 0.1) is 22.3 Å². The Morgan fingerprint density at radius 1 is 0.931 bits per heavy atom. The molecular formula is C18H18Cl3NO7. The predicted octanol–water partition coefficient (Wildman–Crippen LogP) is 2.43. The lowest BCUT2D eigenvalue weighted by atomic mass is 9.98. The van der Waals surface area contributed by atoms with Crippen LogP contribution >= 0.6 is 34.8 Å². The zero-order chi connectivity index (χ0) is 21.3. The maximum Gasteiger partial charge on any atom is 0.182 e. The molecule has 5 unspecified atom stereocenters. The zero-order valence-electron chi connectivity index (χ0n) is 14.7. The summed E-state index contributed by atoms with van der Waals surface area (Å²) in [7, 11) is 0. The molecule has 0 aliphatic carbocycles. The normalized spacial score (nSPS) is 27.0. The van der Waals surface area contributed by atoms with Crippen molar-refractivity contribution in [2.24, 2.45) is 0 Å². The first kappa shape index (κ1) is 22.4. The van der Waals surface area contributed by atoms with E-state index in [2.05, 4.69) is 0 Å². The highest BCUT2D eigenvalue weighted by Crippen LogP contribution is 2.39. The smallest absolute Gasteiger partial charge is 0.182 e. The molecular weight excluding hydrogens is 449 g/mol. The van der Waals surface area contributed by atoms with Gasteiger partial charge in [0.25, 0.3) is 0 Å². The van der Waals surface area contributed by atoms with Crippen molar-refractivity contribution in [2.45, 2.75) is 30.6 Å². The molecule has 5 N–H and O–H groups in total. The number of hydroxylamine groups is 1. The van der Waals surface area contributed by atoms with Crippen LogP contribution in [0.15, 0.2) is 36.4 Å². The van der Waals surface area contributed by atoms with Gasteiger partial charge in [0.15, 0.2) is 12.0 Å². The molecule has 0 radical (unpaired) electrons. The van der Waals surface area contributed by atoms with Crippen LogP contribution in [0.25, 0.3) is 0 Å². The molecule has 0 amide bonds. The van der Waals surface area contributed by atoms with Crippen LogP contribution in [-0.4, -0.2) is 62.9 Å². The van der Waals surface area contributed by atoms with Gasteiger partial charge in [-0.25, -0.2) is 5.06 Å². The first-order valence-corrected chi connectivity index (χ1v) is 9.57. The predicted molar refractivity (Wildman–Crippen MR) is 106 cm³/mol. The van der Waals surface area contributed by atoms with E-state index in [0.717, 1.165) is 0 Å². The Labute approximate surface area is 180 Å². The molecule has 8 nitrogen and oxygen atoms in total. The summed E-state index contributed by atoms with van der Waals surface area (Å²) in [5, 5.41) is 50.8. The lowest BCUT2D eigenvalue weighted by molar-refractivity contribution is -0.240. The van der Waals surface area contributed by atoms with Gasteiger partial charge in [-0.2, -0.15) is 0 Å². The molecule has 5 atom stereocenters. The van der Waals surface area contributed by atoms with Gasteiger partial charge in [-0.1, -0.05) is 34.8 Å². The average molecular weight is 467 g/mol. The molecule has 11 heteroatoms. The summed E-state index contributed by atoms with van der Waals surface area (Å²) < 4.78 is 11.0. The van der Waals surface area contributed by atoms with Crippen molar-refractivity contribution in [1.29, 1.82) is 0 Å². The highest BCUT2D eigenvalue weighted by molar-refractivity contribution is 6.40. The minimum Gasteiger partial charge on any atom is -0.454 e. The Morgan fingerprint density at radius 2 is 1.52 bits per heavy atom. The van der Waals surface area contributed by atoms with E-state index in [4.69, 9.17) is 44.3 Å². The summed E-state index contributed by atoms with van der Waals surface area (Å²) in [5.41, 5.74) is 0.190. The number of aliphatic hydroxyl groups is 4. The van der Waals surface area contributed by atoms with Gasteiger partial charge in [-0.15, -0.1) is 0 Å². The minimum absolute atomic E-state index is 0.190. The molecule has 1 heterocycles. The first-order valence-electron chi connectivity index (χ1n) is 8.44. The number of hydrogen-bond acceptors (Lipinski definition) is 8. The van der Waals surface area contributed by atoms with Crippen molar-refractivity contribution >= 4 is 40.5 Å². The molecule has 158 valence electrons. The number of halogens is 3. The van der Waals surface area contributed by atoms with E-state index >= 15 is 0 Å². The number of ether oxygens (including phenoxy) is 2. The Kier molecular flexibility index (Phi) is 7.10. The van der Waals surface area contributed by atoms with E-state index in [9.17, 15) is 25.6 Å². The van der Waals surface area contributed by atoms with Crippen LogP contribution in [0.3, 0.4) is 0 Å². The van der Waals surface area contributed by atoms with Crippen molar-refractivity contribution in [3.8, 4) is 11.5 Å². The lowest BCUT2D eigenvalue weighted by Crippen LogP contribution is -2.62. The average Bonchev–Trinajstić information content (AvgIpc) is 2.69. The van der Waals surface area contributed by atoms with E-state index in [1.807, 2.05) is 0 Å². The number of hydrogen-bond donors (Lipinski definition) is 5. The van der Waals surface area contributed by atoms with Crippen LogP contribution in [-0.2, 0) is 4.74 Å². The third-order valence-electron chi connectivity index (χ3n) is 4.39. The molecule has 0 aromatic heterocycles. The summed E-state index contributed by atoms with van der Waals surface area (Å²) in [4.78, 5) is 0. The van der Waals surface area contributed by atoms with E-state index in [1.54, 1.807) is 0 Å². The van der Waals surface area contributed by atoms with Crippen LogP contribution in [0.4, 0.5) is 5.69 Å². The van der Waals surface area contributed by atoms with E-state index < -0.39 is 37.3 Å². The Morgan fingerprint density at radius 3 is 2.07 bits per heavy atom. The number of aliphatic hydroxyl groups excluding tert-OH is 4. The zero-order valence-corrected chi connectivity index (χ0v) is 17.0. The fourth-order valence-corrected chi connectivity index (χ4v) is 3.74. The third-order valence-corrected chi connectivity index (χ3v) is 5.17. The molecule has 1 fully saturated rings. The number of rotatable bonds is 5. The molecule has 29 heavy (non-hydrogen) atoms. The molecule has 1 saturated heterocycles. The van der Waals surface area contributed by atoms with Crippen molar-refractivity contribution in [3.63, 3.8) is 0 Å². The second-order valence-corrected chi connectivity index (χ2v) is 7.61. The Hall–Kier alpha value is -1.33. The number of anilines is 1. The molecule has 0 bridgehead atoms. The van der Waals surface area contributed by atoms with Crippen LogP contribution in [0.2, 0.25) is 15.1 Å². The summed E-state index contributed by atoms with van der Waals surface area (Å²) in [6.07, 6.45) is -7.33. The Bertz CT molecular complexity index is 829. The van der Waals surface area contributed by atoms with Gasteiger partial charge in [0.2, 0.25) is 0 Å². The van der Waals surface area contributed by atoms with Crippen LogP contribution in [0, 0.1) is 0 Å². The second kappa shape index (κ2) is 9.22. The van der Waals surface area contributed by atoms with E-state index in [1.165, 1.54) is 36.4 Å². The lowest BCUT2D eigenvalue weighted by Gasteiger charge is -2.42. The molecule has 0 saturated carbocycles. The van der Waals surface area contributed by atoms with Crippen LogP contribution in [0.5, 0.6) is 11.5 Å². The molecule has 2 aromatic carbocycles. The van der Waals surface area contributed by atoms with E-state index in [0.29, 0.717) is 15.8 Å². The summed E-state index contributed by atoms with van der Waals surface area (Å²) in [5.74, 6) is 0.558. The van der Waals surface area contributed by atoms with Crippen molar-refractivity contribution in [2.75, 3.05) is 11.7 Å². The molecule has 1 aliphatic heterocycles. The number of nitrogens with zero attached hydrogens (tertiary/aromatic N) is 1. The Balaban J connectivity index is 1.76. The van der Waals surface area contributed by atoms with Gasteiger partial charge >= 0.3 is 0 Å². The van der Waals surface area contributed by atoms with Gasteiger partial charge in [-0.3, -0.25) is 5.21 Å². The molecule has 1 aliphatic rings. The van der Waals surface area contributed by atoms with Gasteiger partial charge in [-0.05, 0) is 36.4 Å². The fourth-order valence-electron chi connectivity index (χ4n) is 2.84. The summed E-state index contributed by atoms with van der Waals surface area (Å²) in [6.45, 7) is -0.606. The quantitative estimate of drug-likeness (QED) is 0.426. The maximum atomic E-state index is 10.4. The topological polar surface area (TPSA) is 123 Å². The van der Waals surface area contributed by atoms with E-state index in [-0.39, 0.29) is 21.5 Å². The van der Waals surface area contributed by atoms with Gasteiger partial charge in [0, 0.05) is 5.02 Å². The minimum atomic E-state index is -1.62. The monoisotopic (exact) mass is 465 g/mol. The standard InChI is InChI=1S/C18H18Cl3NO7/c19-8-5-11(20)17(12(21)6-8)28-10-3-1-9(2-4-10)22(27)18-16(26)15(25)14(24)13(7-23)29-18/h1-6,13-16,18,23-27H,7H2. The first-order chi connectivity index (χ1) is 13.7. The SMILES string of the molecule is OCC1OC(N(O)c2ccc(Oc3c(Cl)cc(Cl)cc3Cl)cc2)C(O)C(O)C1O. The van der Waals surface area contributed by atoms with Crippen molar-refractivity contribution in [3.05, 3.63) is 51.5 Å². The van der Waals surface area contributed by atoms with Crippen LogP contribution in [0.1, 0.15) is 0 Å². The molecule has 3 rings (SSSR count). The highest BCUT2D eigenvalue weighted by atomic mass is 35.5. The van der Waals surface area contributed by atoms with Gasteiger partial charge < -0.3 is 29.9 Å². The summed E-state index contributed by atoms with van der Waals surface area (Å²) >= 11 is 18.0. The second-order valence-electron chi connectivity index (χ2n) is 6.36. The number of benzene rings is 2. The van der Waals surface area contributed by atoms with Gasteiger partial charge in [0.1, 0.15) is 30.2 Å². The van der Waals surface area contributed by atoms with Crippen LogP contribution < -0.4 is 9.80 Å². The largest absolute Gasteiger partial charge is 0.454 e.